The van der Waals surface area contributed by atoms with Crippen LogP contribution in [0.4, 0.5) is 0 Å². The van der Waals surface area contributed by atoms with Crippen molar-refractivity contribution >= 4 is 5.96 Å². The monoisotopic (exact) mass is 362 g/mol. The van der Waals surface area contributed by atoms with E-state index in [0.717, 1.165) is 48.6 Å². The van der Waals surface area contributed by atoms with Crippen molar-refractivity contribution in [1.82, 2.24) is 15.5 Å². The molecule has 1 unspecified atom stereocenters. The highest BCUT2D eigenvalue weighted by Gasteiger charge is 2.17. The Hall–Kier alpha value is -1.95. The second-order valence-electron chi connectivity index (χ2n) is 6.74. The van der Waals surface area contributed by atoms with E-state index in [0.29, 0.717) is 6.54 Å². The molecule has 1 atom stereocenters. The van der Waals surface area contributed by atoms with E-state index in [1.54, 1.807) is 21.3 Å². The highest BCUT2D eigenvalue weighted by molar-refractivity contribution is 5.79. The number of aliphatic imine (C=N–C) groups is 1. The van der Waals surface area contributed by atoms with Crippen LogP contribution >= 0.6 is 0 Å². The topological polar surface area (TPSA) is 58.1 Å². The average molecular weight is 363 g/mol. The van der Waals surface area contributed by atoms with Gasteiger partial charge >= 0.3 is 0 Å². The van der Waals surface area contributed by atoms with Gasteiger partial charge in [0.05, 0.1) is 14.2 Å². The third kappa shape index (κ3) is 5.80. The zero-order valence-electron chi connectivity index (χ0n) is 16.7. The molecule has 0 aromatic heterocycles. The Balaban J connectivity index is 1.76. The molecule has 2 N–H and O–H groups in total. The second kappa shape index (κ2) is 10.9. The fraction of sp³-hybridized carbons (Fsp3) is 0.650. The minimum atomic E-state index is 0.628. The maximum absolute atomic E-state index is 5.48. The van der Waals surface area contributed by atoms with Crippen LogP contribution in [0, 0.1) is 0 Å². The second-order valence-corrected chi connectivity index (χ2v) is 6.74. The summed E-state index contributed by atoms with van der Waals surface area (Å²) in [6.45, 7) is 6.27. The molecule has 1 aromatic rings. The highest BCUT2D eigenvalue weighted by atomic mass is 16.5. The van der Waals surface area contributed by atoms with E-state index in [-0.39, 0.29) is 0 Å². The van der Waals surface area contributed by atoms with Crippen LogP contribution in [0.5, 0.6) is 11.5 Å². The van der Waals surface area contributed by atoms with Crippen LogP contribution in [0.15, 0.2) is 23.2 Å². The number of nitrogens with one attached hydrogen (secondary N) is 2. The van der Waals surface area contributed by atoms with E-state index < -0.39 is 0 Å². The van der Waals surface area contributed by atoms with Gasteiger partial charge in [-0.15, -0.1) is 0 Å². The smallest absolute Gasteiger partial charge is 0.191 e. The van der Waals surface area contributed by atoms with Crippen LogP contribution in [-0.4, -0.2) is 57.8 Å². The molecule has 146 valence electrons. The van der Waals surface area contributed by atoms with E-state index in [1.165, 1.54) is 25.8 Å². The molecule has 0 saturated carbocycles. The van der Waals surface area contributed by atoms with E-state index in [2.05, 4.69) is 27.4 Å². The van der Waals surface area contributed by atoms with Crippen LogP contribution in [0.3, 0.4) is 0 Å². The molecule has 0 bridgehead atoms. The van der Waals surface area contributed by atoms with Crippen LogP contribution in [0.2, 0.25) is 0 Å². The van der Waals surface area contributed by atoms with Crippen molar-refractivity contribution in [3.63, 3.8) is 0 Å². The summed E-state index contributed by atoms with van der Waals surface area (Å²) < 4.78 is 10.8. The number of hydrogen-bond donors (Lipinski definition) is 2. The molecule has 1 aliphatic heterocycles. The largest absolute Gasteiger partial charge is 0.493 e. The van der Waals surface area contributed by atoms with Gasteiger partial charge in [-0.25, -0.2) is 0 Å². The van der Waals surface area contributed by atoms with Crippen molar-refractivity contribution in [2.75, 3.05) is 40.9 Å². The Labute approximate surface area is 158 Å². The van der Waals surface area contributed by atoms with E-state index in [9.17, 15) is 0 Å². The maximum atomic E-state index is 5.48. The predicted octanol–water partition coefficient (Wildman–Crippen LogP) is 2.63. The number of guanidine groups is 1. The van der Waals surface area contributed by atoms with Gasteiger partial charge < -0.3 is 25.0 Å². The molecule has 2 rings (SSSR count). The minimum Gasteiger partial charge on any atom is -0.493 e. The van der Waals surface area contributed by atoms with Gasteiger partial charge in [-0.05, 0) is 38.8 Å². The lowest BCUT2D eigenvalue weighted by molar-refractivity contribution is 0.159. The van der Waals surface area contributed by atoms with Gasteiger partial charge in [-0.3, -0.25) is 4.99 Å². The highest BCUT2D eigenvalue weighted by Crippen LogP contribution is 2.30. The first-order chi connectivity index (χ1) is 12.7. The molecule has 0 spiro atoms. The van der Waals surface area contributed by atoms with Gasteiger partial charge in [0.2, 0.25) is 0 Å². The van der Waals surface area contributed by atoms with Gasteiger partial charge in [-0.1, -0.05) is 18.6 Å². The molecule has 0 aliphatic carbocycles. The number of para-hydroxylation sites is 1. The number of ether oxygens (including phenoxy) is 2. The number of piperidine rings is 1. The molecule has 1 heterocycles. The first-order valence-electron chi connectivity index (χ1n) is 9.58. The van der Waals surface area contributed by atoms with E-state index in [4.69, 9.17) is 9.47 Å². The van der Waals surface area contributed by atoms with Crippen molar-refractivity contribution < 1.29 is 9.47 Å². The molecular formula is C20H34N4O2. The Morgan fingerprint density at radius 1 is 1.23 bits per heavy atom. The minimum absolute atomic E-state index is 0.628. The summed E-state index contributed by atoms with van der Waals surface area (Å²) in [5, 5.41) is 6.75. The first kappa shape index (κ1) is 20.4. The van der Waals surface area contributed by atoms with Gasteiger partial charge in [0.25, 0.3) is 0 Å². The van der Waals surface area contributed by atoms with Gasteiger partial charge in [0.1, 0.15) is 0 Å². The summed E-state index contributed by atoms with van der Waals surface area (Å²) in [7, 11) is 5.11. The Kier molecular flexibility index (Phi) is 8.54. The standard InChI is InChI=1S/C20H34N4O2/c1-16-9-5-6-13-24(16)14-8-12-22-20(21-2)23-15-17-10-7-11-18(25-3)19(17)26-4/h7,10-11,16H,5-6,8-9,12-15H2,1-4H3,(H2,21,22,23). The molecule has 0 radical (unpaired) electrons. The van der Waals surface area contributed by atoms with Gasteiger partial charge in [0.15, 0.2) is 17.5 Å². The van der Waals surface area contributed by atoms with Crippen molar-refractivity contribution in [2.45, 2.75) is 45.2 Å². The van der Waals surface area contributed by atoms with Gasteiger partial charge in [-0.2, -0.15) is 0 Å². The van der Waals surface area contributed by atoms with Crippen molar-refractivity contribution in [3.8, 4) is 11.5 Å². The Morgan fingerprint density at radius 3 is 2.77 bits per heavy atom. The molecule has 0 amide bonds. The lowest BCUT2D eigenvalue weighted by Crippen LogP contribution is -2.41. The third-order valence-electron chi connectivity index (χ3n) is 5.01. The summed E-state index contributed by atoms with van der Waals surface area (Å²) in [4.78, 5) is 6.91. The maximum Gasteiger partial charge on any atom is 0.191 e. The van der Waals surface area contributed by atoms with Gasteiger partial charge in [0, 0.05) is 38.3 Å². The number of rotatable bonds is 8. The quantitative estimate of drug-likeness (QED) is 0.423. The summed E-state index contributed by atoms with van der Waals surface area (Å²) in [6, 6.07) is 6.62. The molecule has 1 saturated heterocycles. The summed E-state index contributed by atoms with van der Waals surface area (Å²) >= 11 is 0. The molecule has 1 aliphatic rings. The van der Waals surface area contributed by atoms with Crippen LogP contribution in [-0.2, 0) is 6.54 Å². The summed E-state index contributed by atoms with van der Waals surface area (Å²) in [5.41, 5.74) is 1.04. The average Bonchev–Trinajstić information content (AvgIpc) is 2.68. The van der Waals surface area contributed by atoms with Crippen molar-refractivity contribution in [2.24, 2.45) is 4.99 Å². The number of hydrogen-bond acceptors (Lipinski definition) is 4. The number of nitrogens with zero attached hydrogens (tertiary/aromatic N) is 2. The Bertz CT molecular complexity index is 577. The molecule has 6 nitrogen and oxygen atoms in total. The number of methoxy groups -OCH3 is 2. The zero-order valence-corrected chi connectivity index (χ0v) is 16.7. The molecule has 26 heavy (non-hydrogen) atoms. The molecule has 6 heteroatoms. The SMILES string of the molecule is CN=C(NCCCN1CCCCC1C)NCc1cccc(OC)c1OC. The van der Waals surface area contributed by atoms with Crippen LogP contribution in [0.1, 0.15) is 38.2 Å². The van der Waals surface area contributed by atoms with Crippen molar-refractivity contribution in [3.05, 3.63) is 23.8 Å². The predicted molar refractivity (Wildman–Crippen MR) is 107 cm³/mol. The van der Waals surface area contributed by atoms with E-state index in [1.807, 2.05) is 18.2 Å². The normalized spacial score (nSPS) is 18.5. The molecule has 1 fully saturated rings. The summed E-state index contributed by atoms with van der Waals surface area (Å²) in [6.07, 6.45) is 5.16. The lowest BCUT2D eigenvalue weighted by Gasteiger charge is -2.33. The number of likely N-dealkylation sites (tertiary alicyclic amines) is 1. The first-order valence-corrected chi connectivity index (χ1v) is 9.58. The van der Waals surface area contributed by atoms with Crippen LogP contribution < -0.4 is 20.1 Å². The molecule has 1 aromatic carbocycles. The molecular weight excluding hydrogens is 328 g/mol. The Morgan fingerprint density at radius 2 is 2.08 bits per heavy atom. The summed E-state index contributed by atoms with van der Waals surface area (Å²) in [5.74, 6) is 2.31. The lowest BCUT2D eigenvalue weighted by atomic mass is 10.0. The third-order valence-corrected chi connectivity index (χ3v) is 5.01. The number of benzene rings is 1. The fourth-order valence-corrected chi connectivity index (χ4v) is 3.47. The van der Waals surface area contributed by atoms with E-state index >= 15 is 0 Å². The fourth-order valence-electron chi connectivity index (χ4n) is 3.47. The van der Waals surface area contributed by atoms with Crippen LogP contribution in [0.25, 0.3) is 0 Å². The zero-order chi connectivity index (χ0) is 18.8. The van der Waals surface area contributed by atoms with Crippen molar-refractivity contribution in [1.29, 1.82) is 0 Å².